The summed E-state index contributed by atoms with van der Waals surface area (Å²) in [5.41, 5.74) is 2.08. The van der Waals surface area contributed by atoms with Crippen molar-refractivity contribution in [2.75, 3.05) is 0 Å². The Kier molecular flexibility index (Phi) is 8.82. The molecule has 0 aromatic heterocycles. The molecule has 3 saturated carbocycles. The van der Waals surface area contributed by atoms with Crippen LogP contribution in [-0.2, 0) is 9.53 Å². The number of esters is 1. The molecule has 0 aromatic rings. The monoisotopic (exact) mass is 458 g/mol. The van der Waals surface area contributed by atoms with Crippen LogP contribution in [-0.4, -0.2) is 12.1 Å². The van der Waals surface area contributed by atoms with Crippen LogP contribution < -0.4 is 0 Å². The molecule has 0 heterocycles. The Morgan fingerprint density at radius 2 is 1.79 bits per heavy atom. The van der Waals surface area contributed by atoms with E-state index in [1.807, 2.05) is 6.92 Å². The molecule has 8 atom stereocenters. The van der Waals surface area contributed by atoms with Gasteiger partial charge in [-0.2, -0.15) is 0 Å². The number of hydrogen-bond acceptors (Lipinski definition) is 2. The molecule has 5 unspecified atom stereocenters. The van der Waals surface area contributed by atoms with Crippen LogP contribution in [0.15, 0.2) is 12.2 Å². The molecule has 0 spiro atoms. The van der Waals surface area contributed by atoms with Gasteiger partial charge >= 0.3 is 5.97 Å². The van der Waals surface area contributed by atoms with Crippen molar-refractivity contribution in [2.45, 2.75) is 132 Å². The van der Waals surface area contributed by atoms with Gasteiger partial charge in [-0.1, -0.05) is 79.9 Å². The molecule has 3 fully saturated rings. The highest BCUT2D eigenvalue weighted by molar-refractivity contribution is 5.69. The minimum atomic E-state index is -0.0276. The lowest BCUT2D eigenvalue weighted by Gasteiger charge is -2.55. The van der Waals surface area contributed by atoms with Crippen LogP contribution in [0.5, 0.6) is 0 Å². The van der Waals surface area contributed by atoms with Gasteiger partial charge in [-0.15, -0.1) is 0 Å². The number of rotatable bonds is 9. The van der Waals surface area contributed by atoms with Crippen molar-refractivity contribution in [2.24, 2.45) is 46.3 Å². The molecular weight excluding hydrogens is 404 g/mol. The van der Waals surface area contributed by atoms with Gasteiger partial charge in [-0.3, -0.25) is 4.79 Å². The molecule has 33 heavy (non-hydrogen) atoms. The van der Waals surface area contributed by atoms with E-state index in [4.69, 9.17) is 4.74 Å². The SMILES string of the molecule is C=C1CC(OC(=O)CCC)CC[C@@]1(C)C1CC[C@]2(C)C(CCC2[C@@H](C)CCCC(C)C)C1C. The van der Waals surface area contributed by atoms with Crippen molar-refractivity contribution >= 4 is 5.97 Å². The number of ether oxygens (including phenoxy) is 1. The Balaban J connectivity index is 1.63. The Bertz CT molecular complexity index is 680. The van der Waals surface area contributed by atoms with Gasteiger partial charge in [0, 0.05) is 12.8 Å². The Hall–Kier alpha value is -0.790. The average molecular weight is 459 g/mol. The molecule has 0 aliphatic heterocycles. The predicted octanol–water partition coefficient (Wildman–Crippen LogP) is 8.99. The second kappa shape index (κ2) is 10.9. The maximum absolute atomic E-state index is 12.0. The fraction of sp³-hybridized carbons (Fsp3) is 0.903. The Morgan fingerprint density at radius 1 is 1.06 bits per heavy atom. The zero-order chi connectivity index (χ0) is 24.4. The summed E-state index contributed by atoms with van der Waals surface area (Å²) in [4.78, 5) is 12.0. The van der Waals surface area contributed by atoms with Crippen LogP contribution in [0.2, 0.25) is 0 Å². The van der Waals surface area contributed by atoms with Gasteiger partial charge in [-0.05, 0) is 91.3 Å². The van der Waals surface area contributed by atoms with Crippen LogP contribution in [0, 0.1) is 46.3 Å². The van der Waals surface area contributed by atoms with E-state index < -0.39 is 0 Å². The molecule has 0 N–H and O–H groups in total. The minimum absolute atomic E-state index is 0.0276. The predicted molar refractivity (Wildman–Crippen MR) is 140 cm³/mol. The van der Waals surface area contributed by atoms with Crippen LogP contribution in [0.4, 0.5) is 0 Å². The molecule has 190 valence electrons. The second-order valence-electron chi connectivity index (χ2n) is 13.2. The maximum Gasteiger partial charge on any atom is 0.306 e. The van der Waals surface area contributed by atoms with Crippen molar-refractivity contribution < 1.29 is 9.53 Å². The first-order valence-electron chi connectivity index (χ1n) is 14.4. The lowest BCUT2D eigenvalue weighted by Crippen LogP contribution is -2.48. The summed E-state index contributed by atoms with van der Waals surface area (Å²) < 4.78 is 5.78. The third kappa shape index (κ3) is 5.56. The third-order valence-electron chi connectivity index (χ3n) is 10.7. The summed E-state index contributed by atoms with van der Waals surface area (Å²) in [5.74, 6) is 4.92. The van der Waals surface area contributed by atoms with Crippen LogP contribution in [0.3, 0.4) is 0 Å². The molecular formula is C31H54O2. The van der Waals surface area contributed by atoms with Gasteiger partial charge in [0.25, 0.3) is 0 Å². The minimum Gasteiger partial charge on any atom is -0.462 e. The molecule has 2 nitrogen and oxygen atoms in total. The molecule has 0 radical (unpaired) electrons. The molecule has 0 bridgehead atoms. The van der Waals surface area contributed by atoms with E-state index in [9.17, 15) is 4.79 Å². The summed E-state index contributed by atoms with van der Waals surface area (Å²) in [6, 6.07) is 0. The highest BCUT2D eigenvalue weighted by Crippen LogP contribution is 2.65. The van der Waals surface area contributed by atoms with Crippen molar-refractivity contribution in [1.29, 1.82) is 0 Å². The summed E-state index contributed by atoms with van der Waals surface area (Å²) in [7, 11) is 0. The first-order valence-corrected chi connectivity index (χ1v) is 14.4. The molecule has 2 heteroatoms. The van der Waals surface area contributed by atoms with Crippen molar-refractivity contribution in [3.63, 3.8) is 0 Å². The highest BCUT2D eigenvalue weighted by atomic mass is 16.5. The van der Waals surface area contributed by atoms with E-state index in [0.29, 0.717) is 11.8 Å². The number of carbonyl (C=O) groups excluding carboxylic acids is 1. The summed E-state index contributed by atoms with van der Waals surface area (Å²) in [6.07, 6.45) is 14.2. The van der Waals surface area contributed by atoms with Gasteiger partial charge in [0.05, 0.1) is 0 Å². The van der Waals surface area contributed by atoms with Gasteiger partial charge in [0.2, 0.25) is 0 Å². The zero-order valence-corrected chi connectivity index (χ0v) is 23.1. The second-order valence-corrected chi connectivity index (χ2v) is 13.2. The van der Waals surface area contributed by atoms with E-state index in [2.05, 4.69) is 48.1 Å². The molecule has 3 aliphatic carbocycles. The topological polar surface area (TPSA) is 26.3 Å². The van der Waals surface area contributed by atoms with Gasteiger partial charge in [-0.25, -0.2) is 0 Å². The van der Waals surface area contributed by atoms with Crippen LogP contribution in [0.1, 0.15) is 126 Å². The largest absolute Gasteiger partial charge is 0.462 e. The van der Waals surface area contributed by atoms with E-state index in [0.717, 1.165) is 61.2 Å². The lowest BCUT2D eigenvalue weighted by atomic mass is 9.50. The maximum atomic E-state index is 12.0. The van der Waals surface area contributed by atoms with E-state index >= 15 is 0 Å². The van der Waals surface area contributed by atoms with Crippen molar-refractivity contribution in [3.8, 4) is 0 Å². The van der Waals surface area contributed by atoms with E-state index in [1.165, 1.54) is 50.5 Å². The molecule has 3 rings (SSSR count). The van der Waals surface area contributed by atoms with Crippen molar-refractivity contribution in [3.05, 3.63) is 12.2 Å². The van der Waals surface area contributed by atoms with Gasteiger partial charge in [0.1, 0.15) is 6.10 Å². The fourth-order valence-corrected chi connectivity index (χ4v) is 8.66. The molecule has 0 amide bonds. The van der Waals surface area contributed by atoms with E-state index in [-0.39, 0.29) is 17.5 Å². The normalized spacial score (nSPS) is 40.0. The molecule has 0 aromatic carbocycles. The fourth-order valence-electron chi connectivity index (χ4n) is 8.66. The quantitative estimate of drug-likeness (QED) is 0.254. The van der Waals surface area contributed by atoms with Gasteiger partial charge in [0.15, 0.2) is 0 Å². The highest BCUT2D eigenvalue weighted by Gasteiger charge is 2.57. The third-order valence-corrected chi connectivity index (χ3v) is 10.7. The summed E-state index contributed by atoms with van der Waals surface area (Å²) in [6.45, 7) is 21.6. The molecule has 0 saturated heterocycles. The number of fused-ring (bicyclic) bond motifs is 1. The zero-order valence-electron chi connectivity index (χ0n) is 23.1. The average Bonchev–Trinajstić information content (AvgIpc) is 3.09. The van der Waals surface area contributed by atoms with Crippen molar-refractivity contribution in [1.82, 2.24) is 0 Å². The van der Waals surface area contributed by atoms with E-state index in [1.54, 1.807) is 0 Å². The van der Waals surface area contributed by atoms with Crippen LogP contribution >= 0.6 is 0 Å². The Morgan fingerprint density at radius 3 is 2.42 bits per heavy atom. The first kappa shape index (κ1) is 26.8. The molecule has 3 aliphatic rings. The Labute approximate surface area is 205 Å². The lowest BCUT2D eigenvalue weighted by molar-refractivity contribution is -0.151. The van der Waals surface area contributed by atoms with Gasteiger partial charge < -0.3 is 4.74 Å². The number of carbonyl (C=O) groups is 1. The number of hydrogen-bond donors (Lipinski definition) is 0. The summed E-state index contributed by atoms with van der Waals surface area (Å²) >= 11 is 0. The first-order chi connectivity index (χ1) is 15.5. The van der Waals surface area contributed by atoms with Crippen LogP contribution in [0.25, 0.3) is 0 Å². The smallest absolute Gasteiger partial charge is 0.306 e. The summed E-state index contributed by atoms with van der Waals surface area (Å²) in [5, 5.41) is 0. The standard InChI is InChI=1S/C31H54O2/c1-9-11-29(32)33-25-16-18-30(7,23(5)20-25)28-17-19-31(8)26(14-15-27(31)24(28)6)22(4)13-10-12-21(2)3/h21-22,24-28H,5,9-20H2,1-4,6-8H3/t22-,24?,25?,26?,27?,28?,30+,31-/m0/s1.